The van der Waals surface area contributed by atoms with E-state index >= 15 is 0 Å². The van der Waals surface area contributed by atoms with Crippen molar-refractivity contribution in [2.45, 2.75) is 38.5 Å². The molecule has 0 aliphatic heterocycles. The van der Waals surface area contributed by atoms with Gasteiger partial charge in [0, 0.05) is 22.8 Å². The molecule has 0 radical (unpaired) electrons. The van der Waals surface area contributed by atoms with Gasteiger partial charge in [-0.2, -0.15) is 0 Å². The molecule has 1 heterocycles. The normalized spacial score (nSPS) is 15.6. The van der Waals surface area contributed by atoms with Gasteiger partial charge in [-0.3, -0.25) is 0 Å². The number of alkyl halides is 1. The summed E-state index contributed by atoms with van der Waals surface area (Å²) in [6, 6.07) is 13.4. The first-order chi connectivity index (χ1) is 13.7. The minimum absolute atomic E-state index is 0.235. The number of nitrogens with zero attached hydrogens (tertiary/aromatic N) is 1. The summed E-state index contributed by atoms with van der Waals surface area (Å²) in [6.45, 7) is 2.64. The Hall–Kier alpha value is -2.02. The standard InChI is InChI=1S/C23H24INO3/c1-2-22-21(25-23(28-22)15-5-7-18(26)8-6-15)11-12-27-19-9-10-20-16(13-19)3-4-17(20)14-24/h5-10,13,17,26H,2-4,11-12,14H2,1H3/t17-/m0/s1. The number of halogens is 1. The van der Waals surface area contributed by atoms with Gasteiger partial charge < -0.3 is 14.3 Å². The number of hydrogen-bond donors (Lipinski definition) is 1. The number of phenolic OH excluding ortho intramolecular Hbond substituents is 1. The molecule has 1 N–H and O–H groups in total. The first kappa shape index (κ1) is 19.3. The van der Waals surface area contributed by atoms with E-state index in [0.717, 1.165) is 35.6 Å². The highest BCUT2D eigenvalue weighted by Gasteiger charge is 2.21. The molecular formula is C23H24INO3. The minimum Gasteiger partial charge on any atom is -0.508 e. The summed E-state index contributed by atoms with van der Waals surface area (Å²) in [5.74, 6) is 3.36. The Morgan fingerprint density at radius 3 is 2.79 bits per heavy atom. The Kier molecular flexibility index (Phi) is 5.90. The first-order valence-electron chi connectivity index (χ1n) is 9.77. The highest BCUT2D eigenvalue weighted by atomic mass is 127. The van der Waals surface area contributed by atoms with Crippen molar-refractivity contribution in [2.24, 2.45) is 0 Å². The van der Waals surface area contributed by atoms with Gasteiger partial charge in [-0.25, -0.2) is 4.98 Å². The average molecular weight is 489 g/mol. The van der Waals surface area contributed by atoms with E-state index < -0.39 is 0 Å². The number of hydrogen-bond acceptors (Lipinski definition) is 4. The molecule has 28 heavy (non-hydrogen) atoms. The number of oxazole rings is 1. The lowest BCUT2D eigenvalue weighted by molar-refractivity contribution is 0.319. The lowest BCUT2D eigenvalue weighted by atomic mass is 10.0. The van der Waals surface area contributed by atoms with Gasteiger partial charge >= 0.3 is 0 Å². The number of aromatic nitrogens is 1. The van der Waals surface area contributed by atoms with E-state index in [1.807, 2.05) is 12.1 Å². The van der Waals surface area contributed by atoms with E-state index in [2.05, 4.69) is 52.7 Å². The largest absolute Gasteiger partial charge is 0.508 e. The van der Waals surface area contributed by atoms with Crippen molar-refractivity contribution < 1.29 is 14.3 Å². The van der Waals surface area contributed by atoms with Crippen LogP contribution in [0.15, 0.2) is 46.9 Å². The first-order valence-corrected chi connectivity index (χ1v) is 11.3. The molecule has 1 aliphatic carbocycles. The van der Waals surface area contributed by atoms with E-state index in [1.165, 1.54) is 22.0 Å². The van der Waals surface area contributed by atoms with E-state index in [1.54, 1.807) is 12.1 Å². The summed E-state index contributed by atoms with van der Waals surface area (Å²) in [7, 11) is 0. The molecule has 0 bridgehead atoms. The molecule has 2 aromatic carbocycles. The molecule has 0 fully saturated rings. The smallest absolute Gasteiger partial charge is 0.226 e. The summed E-state index contributed by atoms with van der Waals surface area (Å²) in [5, 5.41) is 9.45. The highest BCUT2D eigenvalue weighted by molar-refractivity contribution is 14.1. The maximum atomic E-state index is 9.45. The summed E-state index contributed by atoms with van der Waals surface area (Å²) >= 11 is 2.48. The van der Waals surface area contributed by atoms with Crippen LogP contribution in [0.1, 0.15) is 41.8 Å². The monoisotopic (exact) mass is 489 g/mol. The van der Waals surface area contributed by atoms with Crippen LogP contribution in [0, 0.1) is 0 Å². The van der Waals surface area contributed by atoms with Crippen LogP contribution in [0.2, 0.25) is 0 Å². The fraction of sp³-hybridized carbons (Fsp3) is 0.348. The van der Waals surface area contributed by atoms with Crippen molar-refractivity contribution in [1.29, 1.82) is 0 Å². The van der Waals surface area contributed by atoms with Crippen LogP contribution < -0.4 is 4.74 Å². The van der Waals surface area contributed by atoms with Gasteiger partial charge in [0.05, 0.1) is 12.3 Å². The van der Waals surface area contributed by atoms with Crippen molar-refractivity contribution in [2.75, 3.05) is 11.0 Å². The molecule has 0 saturated carbocycles. The van der Waals surface area contributed by atoms with Gasteiger partial charge in [0.15, 0.2) is 0 Å². The summed E-state index contributed by atoms with van der Waals surface area (Å²) in [4.78, 5) is 4.66. The van der Waals surface area contributed by atoms with Gasteiger partial charge in [-0.15, -0.1) is 0 Å². The van der Waals surface area contributed by atoms with Crippen LogP contribution in [0.4, 0.5) is 0 Å². The summed E-state index contributed by atoms with van der Waals surface area (Å²) in [5.41, 5.74) is 4.73. The molecule has 146 valence electrons. The Labute approximate surface area is 179 Å². The molecule has 0 unspecified atom stereocenters. The Morgan fingerprint density at radius 2 is 2.04 bits per heavy atom. The molecule has 1 aliphatic rings. The molecule has 0 amide bonds. The maximum Gasteiger partial charge on any atom is 0.226 e. The van der Waals surface area contributed by atoms with Gasteiger partial charge in [0.25, 0.3) is 0 Å². The molecular weight excluding hydrogens is 465 g/mol. The number of phenols is 1. The molecule has 1 atom stereocenters. The number of aryl methyl sites for hydroxylation is 2. The third-order valence-electron chi connectivity index (χ3n) is 5.32. The predicted molar refractivity (Wildman–Crippen MR) is 119 cm³/mol. The zero-order valence-corrected chi connectivity index (χ0v) is 18.1. The number of benzene rings is 2. The lowest BCUT2D eigenvalue weighted by Crippen LogP contribution is -2.04. The third-order valence-corrected chi connectivity index (χ3v) is 6.39. The van der Waals surface area contributed by atoms with Crippen LogP contribution in [0.5, 0.6) is 11.5 Å². The number of ether oxygens (including phenoxy) is 1. The quantitative estimate of drug-likeness (QED) is 0.342. The van der Waals surface area contributed by atoms with Gasteiger partial charge in [-0.05, 0) is 66.3 Å². The zero-order valence-electron chi connectivity index (χ0n) is 16.0. The van der Waals surface area contributed by atoms with Gasteiger partial charge in [-0.1, -0.05) is 35.6 Å². The SMILES string of the molecule is CCc1oc(-c2ccc(O)cc2)nc1CCOc1ccc2c(c1)CC[C@H]2CI. The Balaban J connectivity index is 1.42. The Bertz CT molecular complexity index is 949. The topological polar surface area (TPSA) is 55.5 Å². The molecule has 0 saturated heterocycles. The number of aromatic hydroxyl groups is 1. The van der Waals surface area contributed by atoms with Gasteiger partial charge in [0.2, 0.25) is 5.89 Å². The highest BCUT2D eigenvalue weighted by Crippen LogP contribution is 2.36. The second-order valence-corrected chi connectivity index (χ2v) is 8.02. The van der Waals surface area contributed by atoms with Crippen LogP contribution >= 0.6 is 22.6 Å². The third kappa shape index (κ3) is 4.04. The van der Waals surface area contributed by atoms with Crippen LogP contribution in [0.3, 0.4) is 0 Å². The van der Waals surface area contributed by atoms with E-state index in [0.29, 0.717) is 24.8 Å². The molecule has 3 aromatic rings. The fourth-order valence-corrected chi connectivity index (χ4v) is 4.69. The van der Waals surface area contributed by atoms with Crippen LogP contribution in [-0.4, -0.2) is 21.1 Å². The lowest BCUT2D eigenvalue weighted by Gasteiger charge is -2.10. The zero-order chi connectivity index (χ0) is 19.5. The second-order valence-electron chi connectivity index (χ2n) is 7.14. The van der Waals surface area contributed by atoms with E-state index in [-0.39, 0.29) is 5.75 Å². The molecule has 4 nitrogen and oxygen atoms in total. The Morgan fingerprint density at radius 1 is 1.21 bits per heavy atom. The van der Waals surface area contributed by atoms with Crippen LogP contribution in [-0.2, 0) is 19.3 Å². The number of rotatable bonds is 7. The molecule has 5 heteroatoms. The molecule has 4 rings (SSSR count). The van der Waals surface area contributed by atoms with Crippen molar-refractivity contribution >= 4 is 22.6 Å². The fourth-order valence-electron chi connectivity index (χ4n) is 3.78. The van der Waals surface area contributed by atoms with Crippen LogP contribution in [0.25, 0.3) is 11.5 Å². The van der Waals surface area contributed by atoms with Gasteiger partial charge in [0.1, 0.15) is 17.3 Å². The minimum atomic E-state index is 0.235. The second kappa shape index (κ2) is 8.55. The van der Waals surface area contributed by atoms with Crippen molar-refractivity contribution in [3.05, 3.63) is 65.0 Å². The van der Waals surface area contributed by atoms with E-state index in [9.17, 15) is 5.11 Å². The van der Waals surface area contributed by atoms with Crippen molar-refractivity contribution in [3.63, 3.8) is 0 Å². The average Bonchev–Trinajstić information content (AvgIpc) is 3.32. The van der Waals surface area contributed by atoms with E-state index in [4.69, 9.17) is 9.15 Å². The summed E-state index contributed by atoms with van der Waals surface area (Å²) in [6.07, 6.45) is 3.90. The molecule has 0 spiro atoms. The van der Waals surface area contributed by atoms with Crippen molar-refractivity contribution in [3.8, 4) is 23.0 Å². The summed E-state index contributed by atoms with van der Waals surface area (Å²) < 4.78 is 13.1. The number of fused-ring (bicyclic) bond motifs is 1. The van der Waals surface area contributed by atoms with Crippen molar-refractivity contribution in [1.82, 2.24) is 4.98 Å². The maximum absolute atomic E-state index is 9.45. The molecule has 1 aromatic heterocycles. The predicted octanol–water partition coefficient (Wildman–Crippen LogP) is 5.70.